The number of thiazole rings is 1. The molecule has 2 unspecified atom stereocenters. The van der Waals surface area contributed by atoms with Gasteiger partial charge in [0.15, 0.2) is 5.13 Å². The minimum atomic E-state index is 0.594. The third kappa shape index (κ3) is 1.33. The van der Waals surface area contributed by atoms with Crippen LogP contribution in [0.4, 0.5) is 5.13 Å². The predicted octanol–water partition coefficient (Wildman–Crippen LogP) is 1.43. The van der Waals surface area contributed by atoms with Gasteiger partial charge in [-0.15, -0.1) is 11.3 Å². The molecule has 2 N–H and O–H groups in total. The summed E-state index contributed by atoms with van der Waals surface area (Å²) in [5.74, 6) is 1.64. The van der Waals surface area contributed by atoms with Crippen LogP contribution < -0.4 is 10.6 Å². The minimum absolute atomic E-state index is 0.594. The number of halogens is 1. The van der Waals surface area contributed by atoms with Crippen LogP contribution in [0.25, 0.3) is 0 Å². The van der Waals surface area contributed by atoms with Crippen molar-refractivity contribution in [2.45, 2.75) is 6.04 Å². The van der Waals surface area contributed by atoms with Crippen LogP contribution in [0.3, 0.4) is 0 Å². The van der Waals surface area contributed by atoms with Crippen LogP contribution in [0.1, 0.15) is 0 Å². The third-order valence-corrected chi connectivity index (χ3v) is 3.95. The van der Waals surface area contributed by atoms with Gasteiger partial charge in [-0.25, -0.2) is 4.98 Å². The summed E-state index contributed by atoms with van der Waals surface area (Å²) in [6.45, 7) is 2.31. The van der Waals surface area contributed by atoms with E-state index in [2.05, 4.69) is 15.6 Å². The number of hydrogen-bond acceptors (Lipinski definition) is 4. The van der Waals surface area contributed by atoms with Crippen molar-refractivity contribution in [1.29, 1.82) is 0 Å². The minimum Gasteiger partial charge on any atom is -0.358 e. The molecule has 2 fully saturated rings. The summed E-state index contributed by atoms with van der Waals surface area (Å²) in [7, 11) is 0. The van der Waals surface area contributed by atoms with Crippen LogP contribution in [0.15, 0.2) is 5.38 Å². The molecular formula is C8H10ClN3S. The van der Waals surface area contributed by atoms with E-state index in [-0.39, 0.29) is 0 Å². The number of fused-ring (bicyclic) bond motifs is 1. The van der Waals surface area contributed by atoms with E-state index in [9.17, 15) is 0 Å². The van der Waals surface area contributed by atoms with E-state index < -0.39 is 0 Å². The summed E-state index contributed by atoms with van der Waals surface area (Å²) in [6.07, 6.45) is 0. The van der Waals surface area contributed by atoms with E-state index in [1.807, 2.05) is 5.38 Å². The van der Waals surface area contributed by atoms with Gasteiger partial charge in [0, 0.05) is 24.5 Å². The Kier molecular flexibility index (Phi) is 1.75. The van der Waals surface area contributed by atoms with E-state index in [1.165, 1.54) is 0 Å². The van der Waals surface area contributed by atoms with Crippen LogP contribution in [-0.2, 0) is 0 Å². The van der Waals surface area contributed by atoms with Gasteiger partial charge in [-0.05, 0) is 11.8 Å². The van der Waals surface area contributed by atoms with E-state index in [4.69, 9.17) is 11.6 Å². The van der Waals surface area contributed by atoms with Crippen molar-refractivity contribution in [3.05, 3.63) is 10.5 Å². The SMILES string of the molecule is Clc1csc(NC2C3CNCC32)n1. The highest BCUT2D eigenvalue weighted by atomic mass is 35.5. The lowest BCUT2D eigenvalue weighted by Gasteiger charge is -2.04. The topological polar surface area (TPSA) is 37.0 Å². The number of nitrogens with one attached hydrogen (secondary N) is 2. The Balaban J connectivity index is 1.65. The molecule has 1 saturated carbocycles. The molecule has 2 atom stereocenters. The summed E-state index contributed by atoms with van der Waals surface area (Å²) >= 11 is 7.31. The molecule has 0 aromatic carbocycles. The average Bonchev–Trinajstić information content (AvgIpc) is 2.58. The second-order valence-electron chi connectivity index (χ2n) is 3.63. The van der Waals surface area contributed by atoms with Crippen LogP contribution >= 0.6 is 22.9 Å². The number of anilines is 1. The van der Waals surface area contributed by atoms with Gasteiger partial charge in [0.2, 0.25) is 0 Å². The number of nitrogens with zero attached hydrogens (tertiary/aromatic N) is 1. The zero-order valence-corrected chi connectivity index (χ0v) is 8.53. The van der Waals surface area contributed by atoms with Gasteiger partial charge in [0.25, 0.3) is 0 Å². The fourth-order valence-corrected chi connectivity index (χ4v) is 2.98. The number of piperidine rings is 1. The molecule has 2 heterocycles. The third-order valence-electron chi connectivity index (χ3n) is 2.86. The molecule has 5 heteroatoms. The number of rotatable bonds is 2. The molecule has 2 aliphatic rings. The van der Waals surface area contributed by atoms with Gasteiger partial charge >= 0.3 is 0 Å². The van der Waals surface area contributed by atoms with Crippen molar-refractivity contribution >= 4 is 28.1 Å². The summed E-state index contributed by atoms with van der Waals surface area (Å²) in [4.78, 5) is 4.17. The Morgan fingerprint density at radius 1 is 1.54 bits per heavy atom. The van der Waals surface area contributed by atoms with Gasteiger partial charge in [-0.3, -0.25) is 0 Å². The highest BCUT2D eigenvalue weighted by Crippen LogP contribution is 2.44. The first-order valence-electron chi connectivity index (χ1n) is 4.43. The zero-order valence-electron chi connectivity index (χ0n) is 6.96. The first-order valence-corrected chi connectivity index (χ1v) is 5.68. The average molecular weight is 216 g/mol. The molecule has 3 rings (SSSR count). The molecule has 3 nitrogen and oxygen atoms in total. The smallest absolute Gasteiger partial charge is 0.184 e. The Labute approximate surface area is 85.5 Å². The fourth-order valence-electron chi connectivity index (χ4n) is 2.10. The molecule has 1 aliphatic heterocycles. The molecule has 0 radical (unpaired) electrons. The lowest BCUT2D eigenvalue weighted by molar-refractivity contribution is 0.696. The highest BCUT2D eigenvalue weighted by molar-refractivity contribution is 7.14. The normalized spacial score (nSPS) is 35.9. The lowest BCUT2D eigenvalue weighted by Crippen LogP contribution is -2.21. The van der Waals surface area contributed by atoms with Gasteiger partial charge in [-0.2, -0.15) is 0 Å². The Morgan fingerprint density at radius 3 is 2.92 bits per heavy atom. The second kappa shape index (κ2) is 2.83. The molecule has 0 spiro atoms. The maximum absolute atomic E-state index is 5.73. The molecule has 70 valence electrons. The second-order valence-corrected chi connectivity index (χ2v) is 4.88. The molecule has 13 heavy (non-hydrogen) atoms. The lowest BCUT2D eigenvalue weighted by atomic mass is 10.4. The highest BCUT2D eigenvalue weighted by Gasteiger charge is 2.53. The fraction of sp³-hybridized carbons (Fsp3) is 0.625. The summed E-state index contributed by atoms with van der Waals surface area (Å²) in [5, 5.41) is 10.2. The van der Waals surface area contributed by atoms with Crippen LogP contribution in [-0.4, -0.2) is 24.1 Å². The Hall–Kier alpha value is -0.320. The molecule has 1 aromatic rings. The monoisotopic (exact) mass is 215 g/mol. The first-order chi connectivity index (χ1) is 6.34. The summed E-state index contributed by atoms with van der Waals surface area (Å²) in [5.41, 5.74) is 0. The number of hydrogen-bond donors (Lipinski definition) is 2. The maximum Gasteiger partial charge on any atom is 0.184 e. The molecule has 0 amide bonds. The van der Waals surface area contributed by atoms with Gasteiger partial charge in [0.05, 0.1) is 0 Å². The van der Waals surface area contributed by atoms with Crippen molar-refractivity contribution in [3.8, 4) is 0 Å². The van der Waals surface area contributed by atoms with Crippen molar-refractivity contribution in [2.24, 2.45) is 11.8 Å². The van der Waals surface area contributed by atoms with Crippen LogP contribution in [0.5, 0.6) is 0 Å². The van der Waals surface area contributed by atoms with E-state index in [0.29, 0.717) is 11.2 Å². The molecule has 0 bridgehead atoms. The van der Waals surface area contributed by atoms with Crippen molar-refractivity contribution < 1.29 is 0 Å². The summed E-state index contributed by atoms with van der Waals surface area (Å²) in [6, 6.07) is 0.642. The van der Waals surface area contributed by atoms with Gasteiger partial charge < -0.3 is 10.6 Å². The van der Waals surface area contributed by atoms with E-state index in [1.54, 1.807) is 11.3 Å². The van der Waals surface area contributed by atoms with Gasteiger partial charge in [0.1, 0.15) is 5.15 Å². The van der Waals surface area contributed by atoms with E-state index in [0.717, 1.165) is 30.1 Å². The quantitative estimate of drug-likeness (QED) is 0.784. The molecular weight excluding hydrogens is 206 g/mol. The van der Waals surface area contributed by atoms with Crippen molar-refractivity contribution in [1.82, 2.24) is 10.3 Å². The summed E-state index contributed by atoms with van der Waals surface area (Å²) < 4.78 is 0. The predicted molar refractivity (Wildman–Crippen MR) is 54.4 cm³/mol. The largest absolute Gasteiger partial charge is 0.358 e. The molecule has 1 saturated heterocycles. The Morgan fingerprint density at radius 2 is 2.31 bits per heavy atom. The van der Waals surface area contributed by atoms with Crippen LogP contribution in [0, 0.1) is 11.8 Å². The van der Waals surface area contributed by atoms with Crippen molar-refractivity contribution in [3.63, 3.8) is 0 Å². The maximum atomic E-state index is 5.73. The van der Waals surface area contributed by atoms with Crippen molar-refractivity contribution in [2.75, 3.05) is 18.4 Å². The molecule has 1 aliphatic carbocycles. The first kappa shape index (κ1) is 8.03. The number of aromatic nitrogens is 1. The van der Waals surface area contributed by atoms with E-state index >= 15 is 0 Å². The van der Waals surface area contributed by atoms with Gasteiger partial charge in [-0.1, -0.05) is 11.6 Å². The Bertz CT molecular complexity index is 317. The standard InChI is InChI=1S/C8H10ClN3S/c9-6-3-13-8(11-6)12-7-4-1-10-2-5(4)7/h3-5,7,10H,1-2H2,(H,11,12). The van der Waals surface area contributed by atoms with Crippen LogP contribution in [0.2, 0.25) is 5.15 Å². The molecule has 1 aromatic heterocycles. The zero-order chi connectivity index (χ0) is 8.84.